The molecule has 0 aromatic heterocycles. The van der Waals surface area contributed by atoms with Gasteiger partial charge in [-0.15, -0.1) is 0 Å². The standard InChI is InChI=1S/C12H16FNO5S2/c1-14(11-4-5-20(16,17)8-11)21(18,19)12-6-10(13)3-2-9(12)7-15/h2-3,6,11,15H,4-5,7-8H2,1H3. The summed E-state index contributed by atoms with van der Waals surface area (Å²) in [5.74, 6) is -1.04. The lowest BCUT2D eigenvalue weighted by atomic mass is 10.2. The highest BCUT2D eigenvalue weighted by Gasteiger charge is 2.37. The average Bonchev–Trinajstić information content (AvgIpc) is 2.78. The van der Waals surface area contributed by atoms with E-state index in [-0.39, 0.29) is 28.4 Å². The Balaban J connectivity index is 2.40. The molecule has 1 N–H and O–H groups in total. The molecular weight excluding hydrogens is 321 g/mol. The highest BCUT2D eigenvalue weighted by Crippen LogP contribution is 2.26. The van der Waals surface area contributed by atoms with Crippen molar-refractivity contribution in [3.05, 3.63) is 29.6 Å². The number of hydrogen-bond acceptors (Lipinski definition) is 5. The van der Waals surface area contributed by atoms with Gasteiger partial charge < -0.3 is 5.11 Å². The van der Waals surface area contributed by atoms with Gasteiger partial charge in [-0.2, -0.15) is 4.31 Å². The summed E-state index contributed by atoms with van der Waals surface area (Å²) >= 11 is 0. The predicted octanol–water partition coefficient (Wildman–Crippen LogP) is 0.126. The second kappa shape index (κ2) is 5.64. The molecule has 0 radical (unpaired) electrons. The Kier molecular flexibility index (Phi) is 4.39. The number of sulfonamides is 1. The molecule has 0 spiro atoms. The highest BCUT2D eigenvalue weighted by atomic mass is 32.2. The van der Waals surface area contributed by atoms with E-state index in [1.807, 2.05) is 0 Å². The van der Waals surface area contributed by atoms with E-state index in [0.29, 0.717) is 0 Å². The molecule has 1 aliphatic heterocycles. The van der Waals surface area contributed by atoms with Crippen molar-refractivity contribution in [3.8, 4) is 0 Å². The average molecular weight is 337 g/mol. The van der Waals surface area contributed by atoms with Gasteiger partial charge in [0.25, 0.3) is 0 Å². The number of nitrogens with zero attached hydrogens (tertiary/aromatic N) is 1. The van der Waals surface area contributed by atoms with Crippen molar-refractivity contribution >= 4 is 19.9 Å². The van der Waals surface area contributed by atoms with E-state index < -0.39 is 38.3 Å². The smallest absolute Gasteiger partial charge is 0.243 e. The van der Waals surface area contributed by atoms with Gasteiger partial charge in [-0.05, 0) is 24.1 Å². The van der Waals surface area contributed by atoms with Crippen LogP contribution in [0.15, 0.2) is 23.1 Å². The number of sulfone groups is 1. The second-order valence-electron chi connectivity index (χ2n) is 4.99. The van der Waals surface area contributed by atoms with Crippen LogP contribution in [0.4, 0.5) is 4.39 Å². The van der Waals surface area contributed by atoms with Crippen molar-refractivity contribution < 1.29 is 26.3 Å². The van der Waals surface area contributed by atoms with Crippen LogP contribution >= 0.6 is 0 Å². The Bertz CT molecular complexity index is 745. The van der Waals surface area contributed by atoms with Crippen molar-refractivity contribution in [1.29, 1.82) is 0 Å². The number of aliphatic hydroxyl groups excluding tert-OH is 1. The molecule has 0 bridgehead atoms. The first kappa shape index (κ1) is 16.3. The maximum atomic E-state index is 13.3. The fraction of sp³-hybridized carbons (Fsp3) is 0.500. The van der Waals surface area contributed by atoms with E-state index in [9.17, 15) is 26.3 Å². The zero-order valence-electron chi connectivity index (χ0n) is 11.4. The molecule has 1 aromatic rings. The molecule has 1 aliphatic rings. The molecule has 118 valence electrons. The minimum atomic E-state index is -4.07. The van der Waals surface area contributed by atoms with Crippen LogP contribution in [0.2, 0.25) is 0 Å². The minimum Gasteiger partial charge on any atom is -0.392 e. The molecule has 1 aromatic carbocycles. The van der Waals surface area contributed by atoms with E-state index in [0.717, 1.165) is 16.4 Å². The molecule has 1 fully saturated rings. The zero-order chi connectivity index (χ0) is 15.8. The van der Waals surface area contributed by atoms with E-state index in [2.05, 4.69) is 0 Å². The SMILES string of the molecule is CN(C1CCS(=O)(=O)C1)S(=O)(=O)c1cc(F)ccc1CO. The molecule has 0 amide bonds. The van der Waals surface area contributed by atoms with E-state index in [4.69, 9.17) is 0 Å². The molecule has 1 unspecified atom stereocenters. The third-order valence-corrected chi connectivity index (χ3v) is 7.32. The van der Waals surface area contributed by atoms with Crippen LogP contribution in [0.25, 0.3) is 0 Å². The normalized spacial score (nSPS) is 21.8. The number of aliphatic hydroxyl groups is 1. The van der Waals surface area contributed by atoms with Crippen LogP contribution in [0, 0.1) is 5.82 Å². The van der Waals surface area contributed by atoms with Gasteiger partial charge in [0.15, 0.2) is 9.84 Å². The van der Waals surface area contributed by atoms with E-state index >= 15 is 0 Å². The number of benzene rings is 1. The van der Waals surface area contributed by atoms with Crippen molar-refractivity contribution in [1.82, 2.24) is 4.31 Å². The molecule has 0 saturated carbocycles. The predicted molar refractivity (Wildman–Crippen MR) is 74.3 cm³/mol. The molecule has 9 heteroatoms. The Morgan fingerprint density at radius 1 is 1.43 bits per heavy atom. The lowest BCUT2D eigenvalue weighted by molar-refractivity contribution is 0.277. The van der Waals surface area contributed by atoms with E-state index in [1.165, 1.54) is 13.1 Å². The van der Waals surface area contributed by atoms with Gasteiger partial charge in [-0.3, -0.25) is 0 Å². The Morgan fingerprint density at radius 2 is 2.10 bits per heavy atom. The first-order valence-electron chi connectivity index (χ1n) is 6.25. The van der Waals surface area contributed by atoms with Gasteiger partial charge in [-0.25, -0.2) is 21.2 Å². The van der Waals surface area contributed by atoms with Crippen LogP contribution in [0.1, 0.15) is 12.0 Å². The van der Waals surface area contributed by atoms with Crippen LogP contribution in [0.5, 0.6) is 0 Å². The number of halogens is 1. The Labute approximate surface area is 123 Å². The van der Waals surface area contributed by atoms with Gasteiger partial charge in [-0.1, -0.05) is 6.07 Å². The summed E-state index contributed by atoms with van der Waals surface area (Å²) in [4.78, 5) is -0.336. The summed E-state index contributed by atoms with van der Waals surface area (Å²) in [6.07, 6.45) is 0.210. The maximum absolute atomic E-state index is 13.3. The third kappa shape index (κ3) is 3.25. The summed E-state index contributed by atoms with van der Waals surface area (Å²) in [5.41, 5.74) is 0.0732. The van der Waals surface area contributed by atoms with Crippen molar-refractivity contribution in [3.63, 3.8) is 0 Å². The number of hydrogen-bond donors (Lipinski definition) is 1. The van der Waals surface area contributed by atoms with Gasteiger partial charge in [0, 0.05) is 13.1 Å². The summed E-state index contributed by atoms with van der Waals surface area (Å²) in [7, 11) is -6.03. The first-order chi connectivity index (χ1) is 9.67. The number of rotatable bonds is 4. The third-order valence-electron chi connectivity index (χ3n) is 3.58. The monoisotopic (exact) mass is 337 g/mol. The molecular formula is C12H16FNO5S2. The fourth-order valence-electron chi connectivity index (χ4n) is 2.31. The Hall–Kier alpha value is -1.03. The maximum Gasteiger partial charge on any atom is 0.243 e. The van der Waals surface area contributed by atoms with Crippen LogP contribution in [-0.4, -0.2) is 50.8 Å². The van der Waals surface area contributed by atoms with Crippen molar-refractivity contribution in [2.45, 2.75) is 24.0 Å². The summed E-state index contributed by atoms with van der Waals surface area (Å²) < 4.78 is 62.2. The molecule has 0 aliphatic carbocycles. The summed E-state index contributed by atoms with van der Waals surface area (Å²) in [6, 6.07) is 2.42. The molecule has 2 rings (SSSR count). The topological polar surface area (TPSA) is 91.8 Å². The molecule has 1 saturated heterocycles. The van der Waals surface area contributed by atoms with E-state index in [1.54, 1.807) is 0 Å². The van der Waals surface area contributed by atoms with Crippen LogP contribution in [-0.2, 0) is 26.5 Å². The zero-order valence-corrected chi connectivity index (χ0v) is 13.0. The molecule has 1 atom stereocenters. The Morgan fingerprint density at radius 3 is 2.62 bits per heavy atom. The van der Waals surface area contributed by atoms with Crippen molar-refractivity contribution in [2.24, 2.45) is 0 Å². The van der Waals surface area contributed by atoms with Crippen molar-refractivity contribution in [2.75, 3.05) is 18.6 Å². The van der Waals surface area contributed by atoms with Gasteiger partial charge in [0.2, 0.25) is 10.0 Å². The molecule has 6 nitrogen and oxygen atoms in total. The first-order valence-corrected chi connectivity index (χ1v) is 9.51. The minimum absolute atomic E-state index is 0.0620. The largest absolute Gasteiger partial charge is 0.392 e. The van der Waals surface area contributed by atoms with Gasteiger partial charge in [0.05, 0.1) is 23.0 Å². The van der Waals surface area contributed by atoms with Gasteiger partial charge in [0.1, 0.15) is 5.82 Å². The highest BCUT2D eigenvalue weighted by molar-refractivity contribution is 7.92. The molecule has 21 heavy (non-hydrogen) atoms. The molecule has 1 heterocycles. The van der Waals surface area contributed by atoms with Gasteiger partial charge >= 0.3 is 0 Å². The van der Waals surface area contributed by atoms with Crippen LogP contribution < -0.4 is 0 Å². The van der Waals surface area contributed by atoms with Crippen LogP contribution in [0.3, 0.4) is 0 Å². The summed E-state index contributed by atoms with van der Waals surface area (Å²) in [6.45, 7) is -0.550. The fourth-order valence-corrected chi connectivity index (χ4v) is 5.79. The quantitative estimate of drug-likeness (QED) is 0.843. The lowest BCUT2D eigenvalue weighted by Gasteiger charge is -2.23. The second-order valence-corrected chi connectivity index (χ2v) is 9.18. The lowest BCUT2D eigenvalue weighted by Crippen LogP contribution is -2.38. The summed E-state index contributed by atoms with van der Waals surface area (Å²) in [5, 5.41) is 9.20.